The molecule has 0 fully saturated rings. The molecule has 1 N–H and O–H groups in total. The molecule has 1 atom stereocenters. The predicted molar refractivity (Wildman–Crippen MR) is 101 cm³/mol. The Labute approximate surface area is 162 Å². The molecule has 8 nitrogen and oxygen atoms in total. The highest BCUT2D eigenvalue weighted by Crippen LogP contribution is 2.28. The summed E-state index contributed by atoms with van der Waals surface area (Å²) in [5.74, 6) is 1.19. The van der Waals surface area contributed by atoms with Crippen LogP contribution in [0.5, 0.6) is 11.5 Å². The number of anilines is 1. The van der Waals surface area contributed by atoms with Crippen molar-refractivity contribution >= 4 is 11.6 Å². The summed E-state index contributed by atoms with van der Waals surface area (Å²) in [6.07, 6.45) is -0.155. The van der Waals surface area contributed by atoms with Crippen LogP contribution in [-0.4, -0.2) is 35.1 Å². The monoisotopic (exact) mass is 380 g/mol. The lowest BCUT2D eigenvalue weighted by Crippen LogP contribution is -2.24. The van der Waals surface area contributed by atoms with Crippen molar-refractivity contribution in [3.8, 4) is 11.5 Å². The molecule has 144 valence electrons. The molecule has 1 unspecified atom stereocenters. The number of aromatic nitrogens is 3. The van der Waals surface area contributed by atoms with Crippen LogP contribution >= 0.6 is 0 Å². The zero-order chi connectivity index (χ0) is 19.5. The minimum absolute atomic E-state index is 0.155. The Balaban J connectivity index is 1.47. The summed E-state index contributed by atoms with van der Waals surface area (Å²) in [4.78, 5) is 12.6. The molecule has 0 saturated heterocycles. The normalized spacial score (nSPS) is 15.6. The first-order valence-electron chi connectivity index (χ1n) is 8.81. The molecule has 1 aliphatic heterocycles. The average molecular weight is 380 g/mol. The van der Waals surface area contributed by atoms with Gasteiger partial charge in [0.1, 0.15) is 17.6 Å². The molecule has 0 spiro atoms. The lowest BCUT2D eigenvalue weighted by molar-refractivity contribution is -0.00173. The number of rotatable bonds is 5. The molecule has 8 heteroatoms. The van der Waals surface area contributed by atoms with Gasteiger partial charge < -0.3 is 19.5 Å². The lowest BCUT2D eigenvalue weighted by atomic mass is 10.1. The zero-order valence-electron chi connectivity index (χ0n) is 15.6. The SMILES string of the molecule is COc1ccc(NC(=O)c2nnn3c2COC(c2ccc(OC)cc2)C3)cc1. The Hall–Kier alpha value is -3.39. The first kappa shape index (κ1) is 18.0. The van der Waals surface area contributed by atoms with Crippen LogP contribution in [0.3, 0.4) is 0 Å². The number of carbonyl (C=O) groups excluding carboxylic acids is 1. The summed E-state index contributed by atoms with van der Waals surface area (Å²) in [6, 6.07) is 14.8. The van der Waals surface area contributed by atoms with Gasteiger partial charge >= 0.3 is 0 Å². The number of nitrogens with one attached hydrogen (secondary N) is 1. The molecule has 28 heavy (non-hydrogen) atoms. The first-order valence-corrected chi connectivity index (χ1v) is 8.81. The van der Waals surface area contributed by atoms with Gasteiger partial charge in [-0.3, -0.25) is 4.79 Å². The van der Waals surface area contributed by atoms with Gasteiger partial charge in [-0.2, -0.15) is 0 Å². The number of hydrogen-bond donors (Lipinski definition) is 1. The summed E-state index contributed by atoms with van der Waals surface area (Å²) in [5, 5.41) is 11.0. The van der Waals surface area contributed by atoms with Gasteiger partial charge in [-0.1, -0.05) is 17.3 Å². The number of methoxy groups -OCH3 is 2. The quantitative estimate of drug-likeness (QED) is 0.732. The minimum Gasteiger partial charge on any atom is -0.497 e. The van der Waals surface area contributed by atoms with E-state index in [4.69, 9.17) is 14.2 Å². The van der Waals surface area contributed by atoms with Crippen molar-refractivity contribution in [2.45, 2.75) is 19.3 Å². The summed E-state index contributed by atoms with van der Waals surface area (Å²) in [7, 11) is 3.22. The number of hydrogen-bond acceptors (Lipinski definition) is 6. The topological polar surface area (TPSA) is 87.5 Å². The molecule has 1 aliphatic rings. The third kappa shape index (κ3) is 3.54. The van der Waals surface area contributed by atoms with E-state index in [9.17, 15) is 4.79 Å². The molecule has 1 aromatic heterocycles. The minimum atomic E-state index is -0.321. The summed E-state index contributed by atoms with van der Waals surface area (Å²) >= 11 is 0. The van der Waals surface area contributed by atoms with Crippen molar-refractivity contribution in [1.29, 1.82) is 0 Å². The predicted octanol–water partition coefficient (Wildman–Crippen LogP) is 2.82. The summed E-state index contributed by atoms with van der Waals surface area (Å²) < 4.78 is 18.0. The van der Waals surface area contributed by atoms with Gasteiger partial charge in [0.25, 0.3) is 5.91 Å². The van der Waals surface area contributed by atoms with Crippen LogP contribution < -0.4 is 14.8 Å². The van der Waals surface area contributed by atoms with Crippen LogP contribution in [0, 0.1) is 0 Å². The van der Waals surface area contributed by atoms with E-state index in [0.717, 1.165) is 17.1 Å². The van der Waals surface area contributed by atoms with Crippen LogP contribution in [0.15, 0.2) is 48.5 Å². The summed E-state index contributed by atoms with van der Waals surface area (Å²) in [6.45, 7) is 0.750. The Morgan fingerprint density at radius 3 is 2.36 bits per heavy atom. The first-order chi connectivity index (χ1) is 13.7. The van der Waals surface area contributed by atoms with Crippen LogP contribution in [0.25, 0.3) is 0 Å². The van der Waals surface area contributed by atoms with Gasteiger partial charge in [-0.25, -0.2) is 4.68 Å². The van der Waals surface area contributed by atoms with Gasteiger partial charge in [0.05, 0.1) is 33.1 Å². The molecule has 0 radical (unpaired) electrons. The van der Waals surface area contributed by atoms with Crippen molar-refractivity contribution in [1.82, 2.24) is 15.0 Å². The molecular formula is C20H20N4O4. The van der Waals surface area contributed by atoms with E-state index in [1.165, 1.54) is 0 Å². The highest BCUT2D eigenvalue weighted by molar-refractivity contribution is 6.03. The van der Waals surface area contributed by atoms with Gasteiger partial charge in [-0.05, 0) is 42.0 Å². The van der Waals surface area contributed by atoms with Gasteiger partial charge in [0.2, 0.25) is 0 Å². The largest absolute Gasteiger partial charge is 0.497 e. The molecule has 0 bridgehead atoms. The highest BCUT2D eigenvalue weighted by Gasteiger charge is 2.27. The van der Waals surface area contributed by atoms with E-state index in [0.29, 0.717) is 17.9 Å². The van der Waals surface area contributed by atoms with Crippen LogP contribution in [-0.2, 0) is 17.9 Å². The average Bonchev–Trinajstić information content (AvgIpc) is 3.18. The molecule has 0 aliphatic carbocycles. The van der Waals surface area contributed by atoms with Crippen LogP contribution in [0.4, 0.5) is 5.69 Å². The zero-order valence-corrected chi connectivity index (χ0v) is 15.6. The fourth-order valence-corrected chi connectivity index (χ4v) is 3.07. The van der Waals surface area contributed by atoms with Gasteiger partial charge in [-0.15, -0.1) is 5.10 Å². The van der Waals surface area contributed by atoms with Crippen molar-refractivity contribution in [3.63, 3.8) is 0 Å². The summed E-state index contributed by atoms with van der Waals surface area (Å²) in [5.41, 5.74) is 2.60. The van der Waals surface area contributed by atoms with Gasteiger partial charge in [0.15, 0.2) is 5.69 Å². The van der Waals surface area contributed by atoms with Gasteiger partial charge in [0, 0.05) is 5.69 Å². The number of amides is 1. The Morgan fingerprint density at radius 1 is 1.07 bits per heavy atom. The number of carbonyl (C=O) groups is 1. The third-order valence-electron chi connectivity index (χ3n) is 4.65. The lowest BCUT2D eigenvalue weighted by Gasteiger charge is -2.24. The Bertz CT molecular complexity index is 967. The molecular weight excluding hydrogens is 360 g/mol. The number of benzene rings is 2. The molecule has 0 saturated carbocycles. The van der Waals surface area contributed by atoms with Crippen molar-refractivity contribution in [3.05, 3.63) is 65.5 Å². The van der Waals surface area contributed by atoms with E-state index in [2.05, 4.69) is 15.6 Å². The second-order valence-electron chi connectivity index (χ2n) is 6.32. The van der Waals surface area contributed by atoms with E-state index in [-0.39, 0.29) is 24.3 Å². The standard InChI is InChI=1S/C20H20N4O4/c1-26-15-7-3-13(4-8-15)18-11-24-17(12-28-18)19(22-23-24)20(25)21-14-5-9-16(27-2)10-6-14/h3-10,18H,11-12H2,1-2H3,(H,21,25). The Kier molecular flexibility index (Phi) is 4.94. The second kappa shape index (κ2) is 7.69. The molecule has 3 aromatic rings. The van der Waals surface area contributed by atoms with Crippen molar-refractivity contribution < 1.29 is 19.0 Å². The molecule has 2 aromatic carbocycles. The second-order valence-corrected chi connectivity index (χ2v) is 6.32. The number of nitrogens with zero attached hydrogens (tertiary/aromatic N) is 3. The van der Waals surface area contributed by atoms with E-state index in [1.54, 1.807) is 43.2 Å². The van der Waals surface area contributed by atoms with Crippen LogP contribution in [0.2, 0.25) is 0 Å². The van der Waals surface area contributed by atoms with E-state index < -0.39 is 0 Å². The highest BCUT2D eigenvalue weighted by atomic mass is 16.5. The Morgan fingerprint density at radius 2 is 1.71 bits per heavy atom. The number of ether oxygens (including phenoxy) is 3. The smallest absolute Gasteiger partial charge is 0.278 e. The maximum absolute atomic E-state index is 12.6. The van der Waals surface area contributed by atoms with Crippen molar-refractivity contribution in [2.24, 2.45) is 0 Å². The van der Waals surface area contributed by atoms with Crippen LogP contribution in [0.1, 0.15) is 27.8 Å². The molecule has 1 amide bonds. The molecule has 2 heterocycles. The molecule has 4 rings (SSSR count). The van der Waals surface area contributed by atoms with Crippen molar-refractivity contribution in [2.75, 3.05) is 19.5 Å². The maximum Gasteiger partial charge on any atom is 0.278 e. The van der Waals surface area contributed by atoms with E-state index in [1.807, 2.05) is 24.3 Å². The maximum atomic E-state index is 12.6. The fraction of sp³-hybridized carbons (Fsp3) is 0.250. The fourth-order valence-electron chi connectivity index (χ4n) is 3.07. The van der Waals surface area contributed by atoms with E-state index >= 15 is 0 Å². The third-order valence-corrected chi connectivity index (χ3v) is 4.65. The number of fused-ring (bicyclic) bond motifs is 1.